The number of nitrogens with one attached hydrogen (secondary N) is 1. The summed E-state index contributed by atoms with van der Waals surface area (Å²) in [6.45, 7) is 1.70. The number of aliphatic imine (C=N–C) groups is 1. The normalized spacial score (nSPS) is 14.9. The van der Waals surface area contributed by atoms with E-state index in [4.69, 9.17) is 22.1 Å². The van der Waals surface area contributed by atoms with Crippen LogP contribution in [0.4, 0.5) is 26.7 Å². The number of alkyl carbamates (subject to hydrolysis) is 1. The molecule has 18 heteroatoms. The molecule has 0 bridgehead atoms. The molecule has 0 aliphatic heterocycles. The lowest BCUT2D eigenvalue weighted by Gasteiger charge is -2.32. The van der Waals surface area contributed by atoms with Crippen LogP contribution in [0.5, 0.6) is 0 Å². The van der Waals surface area contributed by atoms with E-state index in [1.165, 1.54) is 48.7 Å². The number of carbonyl (C=O) groups is 2. The Hall–Kier alpha value is -4.64. The number of alkyl halides is 4. The van der Waals surface area contributed by atoms with Crippen molar-refractivity contribution in [3.8, 4) is 16.1 Å². The van der Waals surface area contributed by atoms with E-state index in [1.807, 2.05) is 0 Å². The van der Waals surface area contributed by atoms with Gasteiger partial charge < -0.3 is 15.8 Å². The summed E-state index contributed by atoms with van der Waals surface area (Å²) in [5, 5.41) is 5.98. The molecule has 11 nitrogen and oxygen atoms in total. The number of hydrogen-bond donors (Lipinski definition) is 2. The zero-order valence-corrected chi connectivity index (χ0v) is 27.1. The lowest BCUT2D eigenvalue weighted by molar-refractivity contribution is -0.0304. The fraction of sp³-hybridized carbons (Fsp3) is 0.333. The highest BCUT2D eigenvalue weighted by atomic mass is 35.5. The minimum Gasteiger partial charge on any atom is -0.447 e. The van der Waals surface area contributed by atoms with Crippen LogP contribution in [0, 0.1) is 12.7 Å². The summed E-state index contributed by atoms with van der Waals surface area (Å²) in [6.07, 6.45) is -3.35. The number of thiazole rings is 1. The van der Waals surface area contributed by atoms with Gasteiger partial charge in [-0.2, -0.15) is 5.10 Å². The van der Waals surface area contributed by atoms with Gasteiger partial charge in [-0.15, -0.1) is 11.3 Å². The number of halogens is 6. The van der Waals surface area contributed by atoms with Crippen molar-refractivity contribution in [2.45, 2.75) is 50.6 Å². The Kier molecular flexibility index (Phi) is 9.73. The van der Waals surface area contributed by atoms with E-state index in [1.54, 1.807) is 12.4 Å². The zero-order chi connectivity index (χ0) is 35.0. The molecule has 2 amide bonds. The third kappa shape index (κ3) is 6.82. The first-order valence-corrected chi connectivity index (χ1v) is 15.5. The van der Waals surface area contributed by atoms with Crippen LogP contribution < -0.4 is 11.1 Å². The molecule has 0 saturated heterocycles. The molecule has 1 aliphatic rings. The van der Waals surface area contributed by atoms with Gasteiger partial charge in [0.05, 0.1) is 38.4 Å². The van der Waals surface area contributed by atoms with Crippen molar-refractivity contribution < 1.29 is 36.3 Å². The maximum Gasteiger partial charge on any atom is 0.407 e. The predicted molar refractivity (Wildman–Crippen MR) is 167 cm³/mol. The van der Waals surface area contributed by atoms with Gasteiger partial charge in [-0.25, -0.2) is 41.4 Å². The minimum absolute atomic E-state index is 0.0102. The van der Waals surface area contributed by atoms with Crippen LogP contribution in [0.25, 0.3) is 16.1 Å². The third-order valence-electron chi connectivity index (χ3n) is 7.87. The summed E-state index contributed by atoms with van der Waals surface area (Å²) in [4.78, 5) is 40.1. The monoisotopic (exact) mass is 710 g/mol. The predicted octanol–water partition coefficient (Wildman–Crippen LogP) is 6.47. The topological polar surface area (TPSA) is 141 Å². The Labute approximate surface area is 279 Å². The molecule has 1 unspecified atom stereocenters. The summed E-state index contributed by atoms with van der Waals surface area (Å²) in [7, 11) is 1.25. The van der Waals surface area contributed by atoms with Crippen LogP contribution in [-0.2, 0) is 4.74 Å². The van der Waals surface area contributed by atoms with Crippen molar-refractivity contribution >= 4 is 40.9 Å². The molecule has 3 N–H and O–H groups in total. The fourth-order valence-corrected chi connectivity index (χ4v) is 6.04. The second-order valence-electron chi connectivity index (χ2n) is 11.0. The number of aryl methyl sites for hydroxylation is 1. The SMILES string of the molecule is CN=C(N)N(C(=O)c1ccc(-c2scnc2C)cc1F)C(COC(=O)NC1(C(C)(F)F)CC1)c1ccc(Cl)c(-n2ncnc2C(F)F)c1. The molecule has 1 atom stereocenters. The first-order chi connectivity index (χ1) is 22.7. The molecule has 1 fully saturated rings. The van der Waals surface area contributed by atoms with E-state index in [-0.39, 0.29) is 29.1 Å². The highest BCUT2D eigenvalue weighted by Gasteiger charge is 2.60. The van der Waals surface area contributed by atoms with Crippen molar-refractivity contribution in [1.29, 1.82) is 0 Å². The van der Waals surface area contributed by atoms with E-state index < -0.39 is 65.7 Å². The molecule has 2 heterocycles. The summed E-state index contributed by atoms with van der Waals surface area (Å²) in [6, 6.07) is 6.46. The van der Waals surface area contributed by atoms with E-state index in [2.05, 4.69) is 25.4 Å². The summed E-state index contributed by atoms with van der Waals surface area (Å²) < 4.78 is 77.5. The Morgan fingerprint density at radius 1 is 1.23 bits per heavy atom. The lowest BCUT2D eigenvalue weighted by atomic mass is 10.0. The van der Waals surface area contributed by atoms with Gasteiger partial charge in [0.1, 0.15) is 24.3 Å². The van der Waals surface area contributed by atoms with Crippen molar-refractivity contribution in [3.63, 3.8) is 0 Å². The van der Waals surface area contributed by atoms with E-state index >= 15 is 4.39 Å². The molecule has 2 aromatic carbocycles. The number of amides is 2. The molecule has 1 saturated carbocycles. The molecule has 5 rings (SSSR count). The largest absolute Gasteiger partial charge is 0.447 e. The number of hydrogen-bond acceptors (Lipinski definition) is 8. The molecule has 1 aliphatic carbocycles. The molecule has 48 heavy (non-hydrogen) atoms. The fourth-order valence-electron chi connectivity index (χ4n) is 5.04. The molecule has 0 radical (unpaired) electrons. The Morgan fingerprint density at radius 2 is 1.96 bits per heavy atom. The second-order valence-corrected chi connectivity index (χ2v) is 12.2. The van der Waals surface area contributed by atoms with Crippen molar-refractivity contribution in [2.75, 3.05) is 13.7 Å². The summed E-state index contributed by atoms with van der Waals surface area (Å²) in [5.41, 5.74) is 6.69. The van der Waals surface area contributed by atoms with Gasteiger partial charge in [-0.1, -0.05) is 23.7 Å². The Bertz CT molecular complexity index is 1870. The quantitative estimate of drug-likeness (QED) is 0.109. The van der Waals surface area contributed by atoms with Gasteiger partial charge in [-0.05, 0) is 55.2 Å². The molecule has 254 valence electrons. The standard InChI is InChI=1S/C30H28ClF5N8O3S/c1-15-23(48-14-40-15)17-4-6-18(20(32)10-17)26(45)43(27(37)38-3)22(12-47-28(46)42-30(8-9-30)29(2,35)36)16-5-7-19(31)21(11-16)44-25(24(33)34)39-13-41-44/h4-7,10-11,13-14,22,24H,8-9,12H2,1-3H3,(H2,37,38)(H,42,46). The van der Waals surface area contributed by atoms with Gasteiger partial charge in [0, 0.05) is 14.0 Å². The number of nitrogens with zero attached hydrogens (tertiary/aromatic N) is 6. The average molecular weight is 711 g/mol. The van der Waals surface area contributed by atoms with Crippen LogP contribution >= 0.6 is 22.9 Å². The third-order valence-corrected chi connectivity index (χ3v) is 9.17. The molecule has 0 spiro atoms. The number of benzene rings is 2. The highest BCUT2D eigenvalue weighted by Crippen LogP contribution is 2.48. The maximum atomic E-state index is 15.6. The molecule has 4 aromatic rings. The molecular formula is C30H28ClF5N8O3S. The zero-order valence-electron chi connectivity index (χ0n) is 25.6. The smallest absolute Gasteiger partial charge is 0.407 e. The first kappa shape index (κ1) is 34.7. The second kappa shape index (κ2) is 13.5. The van der Waals surface area contributed by atoms with E-state index in [0.29, 0.717) is 23.1 Å². The van der Waals surface area contributed by atoms with E-state index in [9.17, 15) is 27.2 Å². The number of ether oxygens (including phenoxy) is 1. The lowest BCUT2D eigenvalue weighted by Crippen LogP contribution is -2.50. The number of carbonyl (C=O) groups excluding carboxylic acids is 2. The van der Waals surface area contributed by atoms with Crippen LogP contribution in [0.1, 0.15) is 59.7 Å². The van der Waals surface area contributed by atoms with Crippen LogP contribution in [0.15, 0.2) is 53.2 Å². The Balaban J connectivity index is 1.56. The van der Waals surface area contributed by atoms with Crippen LogP contribution in [0.2, 0.25) is 5.02 Å². The first-order valence-electron chi connectivity index (χ1n) is 14.2. The maximum absolute atomic E-state index is 15.6. The van der Waals surface area contributed by atoms with Gasteiger partial charge in [-0.3, -0.25) is 14.7 Å². The number of guanidine groups is 1. The van der Waals surface area contributed by atoms with Gasteiger partial charge in [0.15, 0.2) is 11.8 Å². The van der Waals surface area contributed by atoms with Crippen LogP contribution in [-0.4, -0.2) is 67.7 Å². The number of rotatable bonds is 10. The number of nitrogens with two attached hydrogens (primary N) is 1. The van der Waals surface area contributed by atoms with Gasteiger partial charge in [0.2, 0.25) is 0 Å². The molecular weight excluding hydrogens is 683 g/mol. The van der Waals surface area contributed by atoms with Gasteiger partial charge >= 0.3 is 6.09 Å². The van der Waals surface area contributed by atoms with Gasteiger partial charge in [0.25, 0.3) is 18.3 Å². The summed E-state index contributed by atoms with van der Waals surface area (Å²) >= 11 is 7.64. The highest BCUT2D eigenvalue weighted by molar-refractivity contribution is 7.13. The van der Waals surface area contributed by atoms with Crippen molar-refractivity contribution in [3.05, 3.63) is 81.7 Å². The van der Waals surface area contributed by atoms with E-state index in [0.717, 1.165) is 22.0 Å². The van der Waals surface area contributed by atoms with Crippen molar-refractivity contribution in [2.24, 2.45) is 10.7 Å². The summed E-state index contributed by atoms with van der Waals surface area (Å²) in [5.74, 6) is -6.36. The van der Waals surface area contributed by atoms with Crippen molar-refractivity contribution in [1.82, 2.24) is 30.0 Å². The molecule has 2 aromatic heterocycles. The number of aromatic nitrogens is 4. The minimum atomic E-state index is -3.25. The Morgan fingerprint density at radius 3 is 2.54 bits per heavy atom. The van der Waals surface area contributed by atoms with Crippen LogP contribution in [0.3, 0.4) is 0 Å². The average Bonchev–Trinajstić information content (AvgIpc) is 3.44.